The largest absolute Gasteiger partial charge is 0.332 e. The van der Waals surface area contributed by atoms with Crippen LogP contribution in [0.4, 0.5) is 11.6 Å². The van der Waals surface area contributed by atoms with Gasteiger partial charge >= 0.3 is 0 Å². The molecule has 22 heavy (non-hydrogen) atoms. The molecule has 4 aromatic rings. The first-order valence-electron chi connectivity index (χ1n) is 6.89. The predicted molar refractivity (Wildman–Crippen MR) is 82.9 cm³/mol. The summed E-state index contributed by atoms with van der Waals surface area (Å²) in [4.78, 5) is 8.75. The molecular formula is C16H13N5O. The number of nitrogens with one attached hydrogen (secondary N) is 1. The monoisotopic (exact) mass is 291 g/mol. The summed E-state index contributed by atoms with van der Waals surface area (Å²) in [6.45, 7) is 2.02. The summed E-state index contributed by atoms with van der Waals surface area (Å²) < 4.78 is 7.32. The van der Waals surface area contributed by atoms with Gasteiger partial charge in [-0.1, -0.05) is 18.2 Å². The average Bonchev–Trinajstić information content (AvgIpc) is 3.16. The molecule has 0 atom stereocenters. The number of pyridine rings is 1. The van der Waals surface area contributed by atoms with E-state index in [9.17, 15) is 0 Å². The first-order valence-corrected chi connectivity index (χ1v) is 6.89. The third-order valence-electron chi connectivity index (χ3n) is 3.31. The zero-order valence-corrected chi connectivity index (χ0v) is 11.9. The average molecular weight is 291 g/mol. The van der Waals surface area contributed by atoms with E-state index < -0.39 is 0 Å². The van der Waals surface area contributed by atoms with Crippen LogP contribution in [0.15, 0.2) is 59.5 Å². The molecule has 0 aliphatic carbocycles. The zero-order chi connectivity index (χ0) is 14.9. The molecule has 3 aromatic heterocycles. The minimum Gasteiger partial charge on any atom is -0.332 e. The Bertz CT molecular complexity index is 926. The van der Waals surface area contributed by atoms with Gasteiger partial charge in [0.05, 0.1) is 5.56 Å². The molecule has 0 spiro atoms. The van der Waals surface area contributed by atoms with Crippen LogP contribution in [0.25, 0.3) is 17.1 Å². The molecule has 0 fully saturated rings. The van der Waals surface area contributed by atoms with Crippen molar-refractivity contribution >= 4 is 17.3 Å². The number of imidazole rings is 1. The highest BCUT2D eigenvalue weighted by molar-refractivity contribution is 5.73. The van der Waals surface area contributed by atoms with E-state index in [0.717, 1.165) is 22.5 Å². The second-order valence-electron chi connectivity index (χ2n) is 5.00. The molecule has 3 heterocycles. The Morgan fingerprint density at radius 2 is 2.05 bits per heavy atom. The standard InChI is InChI=1S/C16H13N5O/c1-11-9-13(14-17-7-8-21(14)10-11)15-19-16(20-22-15)18-12-5-3-2-4-6-12/h2-10H,1H3,(H,18,20). The topological polar surface area (TPSA) is 68.2 Å². The van der Waals surface area contributed by atoms with Crippen molar-refractivity contribution in [1.29, 1.82) is 0 Å². The second-order valence-corrected chi connectivity index (χ2v) is 5.00. The van der Waals surface area contributed by atoms with Crippen molar-refractivity contribution in [2.24, 2.45) is 0 Å². The van der Waals surface area contributed by atoms with Crippen LogP contribution in [0, 0.1) is 6.92 Å². The lowest BCUT2D eigenvalue weighted by Crippen LogP contribution is -1.93. The smallest absolute Gasteiger partial charge is 0.268 e. The van der Waals surface area contributed by atoms with E-state index in [1.54, 1.807) is 6.20 Å². The molecule has 0 aliphatic heterocycles. The van der Waals surface area contributed by atoms with Crippen LogP contribution >= 0.6 is 0 Å². The summed E-state index contributed by atoms with van der Waals surface area (Å²) in [5.41, 5.74) is 3.61. The van der Waals surface area contributed by atoms with Gasteiger partial charge in [-0.05, 0) is 35.8 Å². The number of fused-ring (bicyclic) bond motifs is 1. The number of para-hydroxylation sites is 1. The molecule has 0 aliphatic rings. The SMILES string of the molecule is Cc1cc(-c2nc(Nc3ccccc3)no2)c2nccn2c1. The minimum atomic E-state index is 0.424. The van der Waals surface area contributed by atoms with E-state index in [4.69, 9.17) is 4.52 Å². The van der Waals surface area contributed by atoms with Crippen molar-refractivity contribution in [2.45, 2.75) is 6.92 Å². The molecule has 4 rings (SSSR count). The molecule has 6 heteroatoms. The summed E-state index contributed by atoms with van der Waals surface area (Å²) in [5, 5.41) is 7.08. The fraction of sp³-hybridized carbons (Fsp3) is 0.0625. The van der Waals surface area contributed by atoms with Gasteiger partial charge in [0.1, 0.15) is 5.65 Å². The van der Waals surface area contributed by atoms with Crippen LogP contribution in [0.3, 0.4) is 0 Å². The second kappa shape index (κ2) is 5.00. The number of hydrogen-bond donors (Lipinski definition) is 1. The molecule has 0 saturated carbocycles. The molecular weight excluding hydrogens is 278 g/mol. The summed E-state index contributed by atoms with van der Waals surface area (Å²) in [7, 11) is 0. The maximum Gasteiger partial charge on any atom is 0.268 e. The van der Waals surface area contributed by atoms with Crippen LogP contribution < -0.4 is 5.32 Å². The molecule has 0 radical (unpaired) electrons. The third-order valence-corrected chi connectivity index (χ3v) is 3.31. The van der Waals surface area contributed by atoms with Gasteiger partial charge in [0, 0.05) is 24.3 Å². The number of anilines is 2. The van der Waals surface area contributed by atoms with Crippen molar-refractivity contribution in [3.63, 3.8) is 0 Å². The number of rotatable bonds is 3. The van der Waals surface area contributed by atoms with Gasteiger partial charge in [0.25, 0.3) is 11.8 Å². The van der Waals surface area contributed by atoms with Crippen molar-refractivity contribution in [3.05, 3.63) is 60.6 Å². The summed E-state index contributed by atoms with van der Waals surface area (Å²) in [6, 6.07) is 11.7. The van der Waals surface area contributed by atoms with Crippen LogP contribution in [0.1, 0.15) is 5.56 Å². The Morgan fingerprint density at radius 3 is 2.91 bits per heavy atom. The molecule has 0 bridgehead atoms. The van der Waals surface area contributed by atoms with E-state index in [2.05, 4.69) is 20.4 Å². The van der Waals surface area contributed by atoms with Crippen molar-refractivity contribution in [1.82, 2.24) is 19.5 Å². The first-order chi connectivity index (χ1) is 10.8. The van der Waals surface area contributed by atoms with E-state index in [-0.39, 0.29) is 0 Å². The molecule has 1 N–H and O–H groups in total. The van der Waals surface area contributed by atoms with E-state index in [1.165, 1.54) is 0 Å². The van der Waals surface area contributed by atoms with Crippen LogP contribution in [-0.4, -0.2) is 19.5 Å². The predicted octanol–water partition coefficient (Wildman–Crippen LogP) is 3.44. The zero-order valence-electron chi connectivity index (χ0n) is 11.9. The van der Waals surface area contributed by atoms with E-state index in [0.29, 0.717) is 11.8 Å². The quantitative estimate of drug-likeness (QED) is 0.626. The fourth-order valence-corrected chi connectivity index (χ4v) is 2.37. The van der Waals surface area contributed by atoms with Gasteiger partial charge in [-0.25, -0.2) is 4.98 Å². The summed E-state index contributed by atoms with van der Waals surface area (Å²) >= 11 is 0. The molecule has 0 saturated heterocycles. The van der Waals surface area contributed by atoms with Gasteiger partial charge in [0.2, 0.25) is 0 Å². The number of benzene rings is 1. The van der Waals surface area contributed by atoms with Crippen LogP contribution in [0.5, 0.6) is 0 Å². The lowest BCUT2D eigenvalue weighted by Gasteiger charge is -2.01. The summed E-state index contributed by atoms with van der Waals surface area (Å²) in [6.07, 6.45) is 5.65. The van der Waals surface area contributed by atoms with Crippen LogP contribution in [-0.2, 0) is 0 Å². The van der Waals surface area contributed by atoms with Gasteiger partial charge in [-0.2, -0.15) is 4.98 Å². The van der Waals surface area contributed by atoms with Gasteiger partial charge in [0.15, 0.2) is 0 Å². The number of hydrogen-bond acceptors (Lipinski definition) is 5. The number of aryl methyl sites for hydroxylation is 1. The van der Waals surface area contributed by atoms with Crippen molar-refractivity contribution in [2.75, 3.05) is 5.32 Å². The fourth-order valence-electron chi connectivity index (χ4n) is 2.37. The Hall–Kier alpha value is -3.15. The van der Waals surface area contributed by atoms with Gasteiger partial charge in [-0.15, -0.1) is 0 Å². The van der Waals surface area contributed by atoms with Gasteiger partial charge in [-0.3, -0.25) is 0 Å². The highest BCUT2D eigenvalue weighted by atomic mass is 16.5. The number of nitrogens with zero attached hydrogens (tertiary/aromatic N) is 4. The normalized spacial score (nSPS) is 11.0. The highest BCUT2D eigenvalue weighted by Gasteiger charge is 2.14. The Morgan fingerprint density at radius 1 is 1.18 bits per heavy atom. The molecule has 1 aromatic carbocycles. The molecule has 0 amide bonds. The Kier molecular flexibility index (Phi) is 2.86. The lowest BCUT2D eigenvalue weighted by atomic mass is 10.2. The third kappa shape index (κ3) is 2.20. The molecule has 108 valence electrons. The van der Waals surface area contributed by atoms with Crippen molar-refractivity contribution < 1.29 is 4.52 Å². The van der Waals surface area contributed by atoms with Crippen LogP contribution in [0.2, 0.25) is 0 Å². The Labute approximate surface area is 126 Å². The molecule has 6 nitrogen and oxygen atoms in total. The van der Waals surface area contributed by atoms with Gasteiger partial charge < -0.3 is 14.2 Å². The Balaban J connectivity index is 1.72. The maximum absolute atomic E-state index is 5.38. The molecule has 0 unspecified atom stereocenters. The van der Waals surface area contributed by atoms with E-state index in [1.807, 2.05) is 60.1 Å². The minimum absolute atomic E-state index is 0.424. The summed E-state index contributed by atoms with van der Waals surface area (Å²) in [5.74, 6) is 0.866. The number of aromatic nitrogens is 4. The highest BCUT2D eigenvalue weighted by Crippen LogP contribution is 2.25. The van der Waals surface area contributed by atoms with Crippen molar-refractivity contribution in [3.8, 4) is 11.5 Å². The first kappa shape index (κ1) is 12.6. The lowest BCUT2D eigenvalue weighted by molar-refractivity contribution is 0.433. The maximum atomic E-state index is 5.38. The van der Waals surface area contributed by atoms with E-state index >= 15 is 0 Å².